The molecule has 0 unspecified atom stereocenters. The van der Waals surface area contributed by atoms with Crippen molar-refractivity contribution in [1.29, 1.82) is 0 Å². The fraction of sp³-hybridized carbons (Fsp3) is 0.200. The van der Waals surface area contributed by atoms with E-state index < -0.39 is 0 Å². The van der Waals surface area contributed by atoms with Crippen LogP contribution in [0.15, 0.2) is 51.7 Å². The smallest absolute Gasteiger partial charge is 0.256 e. The maximum atomic E-state index is 12.6. The molecule has 0 saturated heterocycles. The van der Waals surface area contributed by atoms with Crippen LogP contribution in [0.5, 0.6) is 5.75 Å². The van der Waals surface area contributed by atoms with Crippen molar-refractivity contribution in [2.24, 2.45) is 0 Å². The van der Waals surface area contributed by atoms with Crippen molar-refractivity contribution >= 4 is 38.4 Å². The van der Waals surface area contributed by atoms with Crippen molar-refractivity contribution < 1.29 is 9.53 Å². The summed E-state index contributed by atoms with van der Waals surface area (Å²) in [5.74, 6) is 0.563. The minimum absolute atomic E-state index is 0.153. The summed E-state index contributed by atoms with van der Waals surface area (Å²) in [6.07, 6.45) is 0. The predicted octanol–water partition coefficient (Wildman–Crippen LogP) is 4.67. The summed E-state index contributed by atoms with van der Waals surface area (Å²) in [7, 11) is 1.55. The number of methoxy groups -OCH3 is 1. The average molecular weight is 415 g/mol. The van der Waals surface area contributed by atoms with Crippen molar-refractivity contribution in [3.8, 4) is 5.75 Å². The molecular weight excluding hydrogens is 396 g/mol. The number of aromatic amines is 1. The van der Waals surface area contributed by atoms with Crippen LogP contribution in [0.2, 0.25) is 0 Å². The highest BCUT2D eigenvalue weighted by atomic mass is 79.9. The number of benzene rings is 2. The molecule has 3 aromatic rings. The van der Waals surface area contributed by atoms with Crippen LogP contribution in [0.25, 0.3) is 10.9 Å². The molecule has 0 saturated carbocycles. The lowest BCUT2D eigenvalue weighted by Crippen LogP contribution is -2.13. The van der Waals surface area contributed by atoms with Gasteiger partial charge in [0.2, 0.25) is 5.56 Å². The van der Waals surface area contributed by atoms with E-state index in [9.17, 15) is 9.59 Å². The first kappa shape index (κ1) is 18.2. The Morgan fingerprint density at radius 2 is 1.92 bits per heavy atom. The minimum Gasteiger partial charge on any atom is -0.497 e. The molecule has 3 rings (SSSR count). The standard InChI is InChI=1S/C20H19BrN2O3/c1-11(2)15-10-19(24)23-18-8-12(4-6-14(15)18)22-20(25)16-9-13(26-3)5-7-17(16)21/h4-11H,1-3H3,(H,22,25)(H,23,24). The Hall–Kier alpha value is -2.60. The van der Waals surface area contributed by atoms with Gasteiger partial charge in [-0.3, -0.25) is 9.59 Å². The molecule has 0 aliphatic heterocycles. The van der Waals surface area contributed by atoms with Crippen molar-refractivity contribution in [3.05, 3.63) is 68.4 Å². The number of pyridine rings is 1. The van der Waals surface area contributed by atoms with Gasteiger partial charge in [0.05, 0.1) is 18.2 Å². The molecule has 0 bridgehead atoms. The number of rotatable bonds is 4. The zero-order valence-electron chi connectivity index (χ0n) is 14.7. The van der Waals surface area contributed by atoms with Crippen molar-refractivity contribution in [2.75, 3.05) is 12.4 Å². The van der Waals surface area contributed by atoms with Gasteiger partial charge in [-0.15, -0.1) is 0 Å². The van der Waals surface area contributed by atoms with Gasteiger partial charge in [-0.25, -0.2) is 0 Å². The van der Waals surface area contributed by atoms with Crippen LogP contribution >= 0.6 is 15.9 Å². The zero-order chi connectivity index (χ0) is 18.8. The third-order valence-electron chi connectivity index (χ3n) is 4.17. The number of hydrogen-bond acceptors (Lipinski definition) is 3. The first-order valence-corrected chi connectivity index (χ1v) is 9.00. The number of halogens is 1. The van der Waals surface area contributed by atoms with Crippen molar-refractivity contribution in [2.45, 2.75) is 19.8 Å². The molecule has 0 aliphatic rings. The molecule has 26 heavy (non-hydrogen) atoms. The number of aromatic nitrogens is 1. The van der Waals surface area contributed by atoms with E-state index in [-0.39, 0.29) is 17.4 Å². The lowest BCUT2D eigenvalue weighted by atomic mass is 9.99. The third-order valence-corrected chi connectivity index (χ3v) is 4.86. The fourth-order valence-corrected chi connectivity index (χ4v) is 3.27. The normalized spacial score (nSPS) is 11.0. The lowest BCUT2D eigenvalue weighted by Gasteiger charge is -2.12. The number of carbonyl (C=O) groups excluding carboxylic acids is 1. The highest BCUT2D eigenvalue weighted by Gasteiger charge is 2.13. The third kappa shape index (κ3) is 3.65. The Morgan fingerprint density at radius 3 is 2.62 bits per heavy atom. The molecule has 2 aromatic carbocycles. The van der Waals surface area contributed by atoms with Gasteiger partial charge < -0.3 is 15.0 Å². The molecule has 0 fully saturated rings. The lowest BCUT2D eigenvalue weighted by molar-refractivity contribution is 0.102. The topological polar surface area (TPSA) is 71.2 Å². The summed E-state index contributed by atoms with van der Waals surface area (Å²) >= 11 is 3.38. The van der Waals surface area contributed by atoms with Gasteiger partial charge >= 0.3 is 0 Å². The Bertz CT molecular complexity index is 1040. The van der Waals surface area contributed by atoms with Crippen LogP contribution in [-0.2, 0) is 0 Å². The van der Waals surface area contributed by atoms with Crippen LogP contribution in [0.4, 0.5) is 5.69 Å². The van der Waals surface area contributed by atoms with E-state index in [1.807, 2.05) is 26.0 Å². The molecule has 1 aromatic heterocycles. The second kappa shape index (κ2) is 7.33. The second-order valence-corrected chi connectivity index (χ2v) is 7.16. The van der Waals surface area contributed by atoms with Gasteiger partial charge in [0.15, 0.2) is 0 Å². The summed E-state index contributed by atoms with van der Waals surface area (Å²) < 4.78 is 5.85. The second-order valence-electron chi connectivity index (χ2n) is 6.30. The minimum atomic E-state index is -0.266. The van der Waals surface area contributed by atoms with Crippen LogP contribution < -0.4 is 15.6 Å². The van der Waals surface area contributed by atoms with Gasteiger partial charge in [-0.05, 0) is 57.7 Å². The number of nitrogens with one attached hydrogen (secondary N) is 2. The number of carbonyl (C=O) groups is 1. The Labute approximate surface area is 159 Å². The molecule has 134 valence electrons. The van der Waals surface area contributed by atoms with Crippen LogP contribution in [0.1, 0.15) is 35.7 Å². The van der Waals surface area contributed by atoms with E-state index in [0.717, 1.165) is 10.9 Å². The zero-order valence-corrected chi connectivity index (χ0v) is 16.3. The largest absolute Gasteiger partial charge is 0.497 e. The van der Waals surface area contributed by atoms with Crippen molar-refractivity contribution in [1.82, 2.24) is 4.98 Å². The van der Waals surface area contributed by atoms with Crippen LogP contribution in [0, 0.1) is 0 Å². The predicted molar refractivity (Wildman–Crippen MR) is 107 cm³/mol. The van der Waals surface area contributed by atoms with Gasteiger partial charge in [-0.2, -0.15) is 0 Å². The van der Waals surface area contributed by atoms with Gasteiger partial charge in [0, 0.05) is 21.6 Å². The summed E-state index contributed by atoms with van der Waals surface area (Å²) in [5, 5.41) is 3.84. The van der Waals surface area contributed by atoms with Crippen molar-refractivity contribution in [3.63, 3.8) is 0 Å². The fourth-order valence-electron chi connectivity index (χ4n) is 2.85. The number of hydrogen-bond donors (Lipinski definition) is 2. The van der Waals surface area contributed by atoms with Gasteiger partial charge in [0.25, 0.3) is 5.91 Å². The highest BCUT2D eigenvalue weighted by Crippen LogP contribution is 2.27. The Morgan fingerprint density at radius 1 is 1.15 bits per heavy atom. The highest BCUT2D eigenvalue weighted by molar-refractivity contribution is 9.10. The Kier molecular flexibility index (Phi) is 5.13. The number of ether oxygens (including phenoxy) is 1. The van der Waals surface area contributed by atoms with Crippen LogP contribution in [-0.4, -0.2) is 18.0 Å². The summed E-state index contributed by atoms with van der Waals surface area (Å²) in [4.78, 5) is 27.4. The number of fused-ring (bicyclic) bond motifs is 1. The molecular formula is C20H19BrN2O3. The van der Waals surface area contributed by atoms with Crippen LogP contribution in [0.3, 0.4) is 0 Å². The molecule has 0 atom stereocenters. The molecule has 0 radical (unpaired) electrons. The average Bonchev–Trinajstić information content (AvgIpc) is 2.60. The molecule has 0 spiro atoms. The van der Waals surface area contributed by atoms with E-state index >= 15 is 0 Å². The first-order chi connectivity index (χ1) is 12.4. The van der Waals surface area contributed by atoms with E-state index in [0.29, 0.717) is 27.0 Å². The van der Waals surface area contributed by atoms with Gasteiger partial charge in [-0.1, -0.05) is 19.9 Å². The molecule has 0 aliphatic carbocycles. The molecule has 6 heteroatoms. The number of H-pyrrole nitrogens is 1. The Balaban J connectivity index is 1.97. The van der Waals surface area contributed by atoms with E-state index in [1.54, 1.807) is 37.4 Å². The maximum absolute atomic E-state index is 12.6. The quantitative estimate of drug-likeness (QED) is 0.650. The van der Waals surface area contributed by atoms with E-state index in [1.165, 1.54) is 0 Å². The molecule has 5 nitrogen and oxygen atoms in total. The summed E-state index contributed by atoms with van der Waals surface area (Å²) in [6, 6.07) is 12.3. The molecule has 2 N–H and O–H groups in total. The SMILES string of the molecule is COc1ccc(Br)c(C(=O)Nc2ccc3c(C(C)C)cc(=O)[nH]c3c2)c1. The maximum Gasteiger partial charge on any atom is 0.256 e. The number of amides is 1. The van der Waals surface area contributed by atoms with E-state index in [2.05, 4.69) is 26.2 Å². The van der Waals surface area contributed by atoms with E-state index in [4.69, 9.17) is 4.74 Å². The summed E-state index contributed by atoms with van der Waals surface area (Å²) in [6.45, 7) is 4.09. The summed E-state index contributed by atoms with van der Waals surface area (Å²) in [5.41, 5.74) is 2.60. The number of anilines is 1. The van der Waals surface area contributed by atoms with Gasteiger partial charge in [0.1, 0.15) is 5.75 Å². The molecule has 1 heterocycles. The monoisotopic (exact) mass is 414 g/mol. The molecule has 1 amide bonds. The first-order valence-electron chi connectivity index (χ1n) is 8.21.